The lowest BCUT2D eigenvalue weighted by Gasteiger charge is -2.33. The minimum atomic E-state index is -0.976. The Balaban J connectivity index is 1.34. The number of hydrogen-bond acceptors (Lipinski definition) is 9. The number of halogens is 1. The number of ether oxygens (including phenoxy) is 2. The van der Waals surface area contributed by atoms with Gasteiger partial charge in [0.05, 0.1) is 27.9 Å². The molecule has 0 aliphatic carbocycles. The SMILES string of the molecule is CCC(=O)N[C@@H](Cc1nc2ccc(Cl)cc2s1)C(=O)N[C@H](C(=O)N[C@@H](CCCCN)C(=O)N[C@@H]1CCOc2ccccc21)C1CCOCC1. The summed E-state index contributed by atoms with van der Waals surface area (Å²) in [4.78, 5) is 59.0. The molecule has 4 atom stereocenters. The van der Waals surface area contributed by atoms with Crippen molar-refractivity contribution in [2.24, 2.45) is 11.7 Å². The third-order valence-corrected chi connectivity index (χ3v) is 10.2. The first-order valence-corrected chi connectivity index (χ1v) is 18.2. The molecule has 6 N–H and O–H groups in total. The fraction of sp³-hybridized carbons (Fsp3) is 0.514. The van der Waals surface area contributed by atoms with Crippen LogP contribution in [0.1, 0.15) is 68.5 Å². The van der Waals surface area contributed by atoms with Gasteiger partial charge in [-0.15, -0.1) is 11.3 Å². The topological polar surface area (TPSA) is 174 Å². The highest BCUT2D eigenvalue weighted by Gasteiger charge is 2.36. The summed E-state index contributed by atoms with van der Waals surface area (Å²) in [6, 6.07) is 9.91. The van der Waals surface area contributed by atoms with Gasteiger partial charge < -0.3 is 36.5 Å². The predicted molar refractivity (Wildman–Crippen MR) is 188 cm³/mol. The average molecular weight is 713 g/mol. The van der Waals surface area contributed by atoms with Crippen LogP contribution in [0, 0.1) is 5.92 Å². The van der Waals surface area contributed by atoms with Crippen molar-refractivity contribution in [2.75, 3.05) is 26.4 Å². The quantitative estimate of drug-likeness (QED) is 0.149. The smallest absolute Gasteiger partial charge is 0.243 e. The van der Waals surface area contributed by atoms with Crippen molar-refractivity contribution < 1.29 is 28.7 Å². The maximum absolute atomic E-state index is 14.1. The molecule has 264 valence electrons. The highest BCUT2D eigenvalue weighted by atomic mass is 35.5. The van der Waals surface area contributed by atoms with Gasteiger partial charge in [-0.05, 0) is 68.8 Å². The maximum Gasteiger partial charge on any atom is 0.243 e. The van der Waals surface area contributed by atoms with Crippen molar-refractivity contribution >= 4 is 56.8 Å². The largest absolute Gasteiger partial charge is 0.493 e. The molecule has 0 radical (unpaired) electrons. The van der Waals surface area contributed by atoms with E-state index < -0.39 is 29.9 Å². The van der Waals surface area contributed by atoms with Crippen LogP contribution >= 0.6 is 22.9 Å². The normalized spacial score (nSPS) is 18.0. The highest BCUT2D eigenvalue weighted by molar-refractivity contribution is 7.18. The molecular weight excluding hydrogens is 668 g/mol. The van der Waals surface area contributed by atoms with E-state index in [1.165, 1.54) is 11.3 Å². The van der Waals surface area contributed by atoms with E-state index in [0.717, 1.165) is 21.5 Å². The van der Waals surface area contributed by atoms with E-state index in [0.29, 0.717) is 74.9 Å². The number of aromatic nitrogens is 1. The second-order valence-electron chi connectivity index (χ2n) is 12.4. The fourth-order valence-electron chi connectivity index (χ4n) is 6.20. The molecule has 5 rings (SSSR count). The van der Waals surface area contributed by atoms with Crippen LogP contribution in [0.2, 0.25) is 5.02 Å². The minimum Gasteiger partial charge on any atom is -0.493 e. The van der Waals surface area contributed by atoms with Crippen molar-refractivity contribution in [3.63, 3.8) is 0 Å². The van der Waals surface area contributed by atoms with Crippen LogP contribution in [0.5, 0.6) is 5.75 Å². The second kappa shape index (κ2) is 17.7. The lowest BCUT2D eigenvalue weighted by Crippen LogP contribution is -2.59. The molecule has 1 saturated heterocycles. The van der Waals surface area contributed by atoms with E-state index >= 15 is 0 Å². The highest BCUT2D eigenvalue weighted by Crippen LogP contribution is 2.32. The molecule has 2 aliphatic heterocycles. The molecular formula is C35H45ClN6O6S. The van der Waals surface area contributed by atoms with Crippen LogP contribution in [-0.2, 0) is 30.3 Å². The Bertz CT molecular complexity index is 1610. The minimum absolute atomic E-state index is 0.132. The lowest BCUT2D eigenvalue weighted by molar-refractivity contribution is -0.135. The zero-order valence-corrected chi connectivity index (χ0v) is 29.2. The van der Waals surface area contributed by atoms with Crippen molar-refractivity contribution in [1.82, 2.24) is 26.3 Å². The van der Waals surface area contributed by atoms with Gasteiger partial charge in [-0.1, -0.05) is 36.7 Å². The molecule has 0 saturated carbocycles. The number of amides is 4. The molecule has 12 nitrogen and oxygen atoms in total. The number of carbonyl (C=O) groups is 4. The Morgan fingerprint density at radius 2 is 1.76 bits per heavy atom. The van der Waals surface area contributed by atoms with Crippen molar-refractivity contribution in [3.05, 3.63) is 58.1 Å². The molecule has 1 aromatic heterocycles. The summed E-state index contributed by atoms with van der Waals surface area (Å²) >= 11 is 7.56. The van der Waals surface area contributed by atoms with E-state index in [4.69, 9.17) is 26.8 Å². The van der Waals surface area contributed by atoms with Gasteiger partial charge in [0, 0.05) is 43.1 Å². The third kappa shape index (κ3) is 9.90. The molecule has 0 spiro atoms. The van der Waals surface area contributed by atoms with E-state index in [1.807, 2.05) is 36.4 Å². The number of thiazole rings is 1. The number of rotatable bonds is 15. The molecule has 2 aromatic carbocycles. The molecule has 14 heteroatoms. The van der Waals surface area contributed by atoms with Crippen molar-refractivity contribution in [1.29, 1.82) is 0 Å². The van der Waals surface area contributed by atoms with Gasteiger partial charge in [0.25, 0.3) is 0 Å². The Morgan fingerprint density at radius 1 is 0.959 bits per heavy atom. The molecule has 0 bridgehead atoms. The third-order valence-electron chi connectivity index (χ3n) is 8.92. The van der Waals surface area contributed by atoms with Crippen LogP contribution in [0.25, 0.3) is 10.2 Å². The first-order chi connectivity index (χ1) is 23.7. The number of carbonyl (C=O) groups excluding carboxylic acids is 4. The average Bonchev–Trinajstić information content (AvgIpc) is 3.51. The zero-order chi connectivity index (χ0) is 34.8. The monoisotopic (exact) mass is 712 g/mol. The Morgan fingerprint density at radius 3 is 2.53 bits per heavy atom. The first kappa shape index (κ1) is 36.5. The summed E-state index contributed by atoms with van der Waals surface area (Å²) in [6.07, 6.45) is 3.71. The number of fused-ring (bicyclic) bond motifs is 2. The van der Waals surface area contributed by atoms with Crippen LogP contribution in [0.3, 0.4) is 0 Å². The summed E-state index contributed by atoms with van der Waals surface area (Å²) in [5.41, 5.74) is 7.38. The molecule has 2 aliphatic rings. The predicted octanol–water partition coefficient (Wildman–Crippen LogP) is 3.55. The number of nitrogens with one attached hydrogen (secondary N) is 4. The molecule has 0 unspecified atom stereocenters. The molecule has 3 heterocycles. The second-order valence-corrected chi connectivity index (χ2v) is 14.0. The summed E-state index contributed by atoms with van der Waals surface area (Å²) in [5.74, 6) is -1.09. The van der Waals surface area contributed by atoms with Gasteiger partial charge in [0.15, 0.2) is 0 Å². The van der Waals surface area contributed by atoms with Crippen LogP contribution in [0.4, 0.5) is 0 Å². The standard InChI is InChI=1S/C35H45ClN6O6S/c1-2-30(43)38-27(20-31-39-25-11-10-22(36)19-29(25)49-31)34(45)42-32(21-12-16-47-17-13-21)35(46)41-26(8-5-6-15-37)33(44)40-24-14-18-48-28-9-4-3-7-23(24)28/h3-4,7,9-11,19,21,24,26-27,32H,2,5-6,8,12-18,20,37H2,1H3,(H,38,43)(H,40,44)(H,41,46)(H,42,45)/t24-,26+,27+,32+/m1/s1. The summed E-state index contributed by atoms with van der Waals surface area (Å²) < 4.78 is 12.2. The van der Waals surface area contributed by atoms with Crippen LogP contribution in [-0.4, -0.2) is 73.1 Å². The summed E-state index contributed by atoms with van der Waals surface area (Å²) in [6.45, 7) is 3.51. The van der Waals surface area contributed by atoms with Gasteiger partial charge in [-0.25, -0.2) is 4.98 Å². The number of benzene rings is 2. The van der Waals surface area contributed by atoms with Gasteiger partial charge in [-0.2, -0.15) is 0 Å². The summed E-state index contributed by atoms with van der Waals surface area (Å²) in [7, 11) is 0. The Hall–Kier alpha value is -3.78. The number of unbranched alkanes of at least 4 members (excludes halogenated alkanes) is 1. The fourth-order valence-corrected chi connectivity index (χ4v) is 7.49. The molecule has 49 heavy (non-hydrogen) atoms. The number of nitrogens with zero attached hydrogens (tertiary/aromatic N) is 1. The van der Waals surface area contributed by atoms with Crippen molar-refractivity contribution in [2.45, 2.75) is 82.5 Å². The number of para-hydroxylation sites is 1. The van der Waals surface area contributed by atoms with Crippen LogP contribution in [0.15, 0.2) is 42.5 Å². The Labute approximate surface area is 295 Å². The van der Waals surface area contributed by atoms with E-state index in [9.17, 15) is 19.2 Å². The van der Waals surface area contributed by atoms with Gasteiger partial charge in [0.2, 0.25) is 23.6 Å². The molecule has 1 fully saturated rings. The number of nitrogens with two attached hydrogens (primary N) is 1. The molecule has 4 amide bonds. The van der Waals surface area contributed by atoms with E-state index in [-0.39, 0.29) is 36.6 Å². The summed E-state index contributed by atoms with van der Waals surface area (Å²) in [5, 5.41) is 13.1. The van der Waals surface area contributed by atoms with E-state index in [2.05, 4.69) is 26.3 Å². The van der Waals surface area contributed by atoms with E-state index in [1.54, 1.807) is 13.0 Å². The molecule has 3 aromatic rings. The zero-order valence-electron chi connectivity index (χ0n) is 27.7. The van der Waals surface area contributed by atoms with Gasteiger partial charge >= 0.3 is 0 Å². The van der Waals surface area contributed by atoms with Gasteiger partial charge in [0.1, 0.15) is 23.9 Å². The van der Waals surface area contributed by atoms with Crippen molar-refractivity contribution in [3.8, 4) is 5.75 Å². The number of hydrogen-bond donors (Lipinski definition) is 5. The first-order valence-electron chi connectivity index (χ1n) is 17.0. The Kier molecular flexibility index (Phi) is 13.2. The van der Waals surface area contributed by atoms with Crippen LogP contribution < -0.4 is 31.7 Å². The van der Waals surface area contributed by atoms with Gasteiger partial charge in [-0.3, -0.25) is 19.2 Å². The lowest BCUT2D eigenvalue weighted by atomic mass is 9.90. The maximum atomic E-state index is 14.1.